The number of aliphatic hydroxyl groups is 1. The van der Waals surface area contributed by atoms with Gasteiger partial charge in [-0.05, 0) is 19.3 Å². The first-order chi connectivity index (χ1) is 11.9. The highest BCUT2D eigenvalue weighted by Gasteiger charge is 2.06. The fourth-order valence-electron chi connectivity index (χ4n) is 2.47. The van der Waals surface area contributed by atoms with Crippen molar-refractivity contribution in [1.29, 1.82) is 0 Å². The molecule has 0 saturated carbocycles. The third-order valence-corrected chi connectivity index (χ3v) is 4.08. The fourth-order valence-corrected chi connectivity index (χ4v) is 2.47. The van der Waals surface area contributed by atoms with Crippen LogP contribution in [0.3, 0.4) is 0 Å². The van der Waals surface area contributed by atoms with E-state index in [1.807, 2.05) is 0 Å². The van der Waals surface area contributed by atoms with Gasteiger partial charge in [0.2, 0.25) is 0 Å². The Morgan fingerprint density at radius 3 is 1.56 bits per heavy atom. The Labute approximate surface area is 153 Å². The number of carboxylic acids is 2. The zero-order valence-corrected chi connectivity index (χ0v) is 16.3. The SMILES string of the molecule is CCCCCCC(O)CCC(=O)O.CCCCCCCCCC(=O)O. The lowest BCUT2D eigenvalue weighted by atomic mass is 10.1. The van der Waals surface area contributed by atoms with Crippen molar-refractivity contribution >= 4 is 11.9 Å². The van der Waals surface area contributed by atoms with Gasteiger partial charge in [-0.25, -0.2) is 0 Å². The van der Waals surface area contributed by atoms with E-state index in [9.17, 15) is 14.7 Å². The number of aliphatic carboxylic acids is 2. The average Bonchev–Trinajstić information content (AvgIpc) is 2.56. The van der Waals surface area contributed by atoms with Crippen LogP contribution in [-0.4, -0.2) is 33.4 Å². The highest BCUT2D eigenvalue weighted by Crippen LogP contribution is 2.09. The monoisotopic (exact) mass is 360 g/mol. The minimum absolute atomic E-state index is 0.0783. The van der Waals surface area contributed by atoms with E-state index in [-0.39, 0.29) is 6.42 Å². The molecular formula is C20H40O5. The normalized spacial score (nSPS) is 11.5. The van der Waals surface area contributed by atoms with Crippen molar-refractivity contribution in [2.45, 2.75) is 116 Å². The lowest BCUT2D eigenvalue weighted by Crippen LogP contribution is -2.09. The van der Waals surface area contributed by atoms with Crippen LogP contribution in [0.5, 0.6) is 0 Å². The van der Waals surface area contributed by atoms with Crippen molar-refractivity contribution < 1.29 is 24.9 Å². The summed E-state index contributed by atoms with van der Waals surface area (Å²) in [7, 11) is 0. The number of carboxylic acid groups (broad SMARTS) is 2. The molecule has 0 aromatic rings. The standard InChI is InChI=1S/C10H20O3.C10H20O2/c1-2-3-4-5-6-9(11)7-8-10(12)13;1-2-3-4-5-6-7-8-9-10(11)12/h9,11H,2-8H2,1H3,(H,12,13);2-9H2,1H3,(H,11,12). The van der Waals surface area contributed by atoms with Gasteiger partial charge in [-0.3, -0.25) is 9.59 Å². The summed E-state index contributed by atoms with van der Waals surface area (Å²) >= 11 is 0. The first-order valence-electron chi connectivity index (χ1n) is 10.1. The Hall–Kier alpha value is -1.10. The largest absolute Gasteiger partial charge is 0.481 e. The van der Waals surface area contributed by atoms with Gasteiger partial charge < -0.3 is 15.3 Å². The van der Waals surface area contributed by atoms with Crippen molar-refractivity contribution in [2.75, 3.05) is 0 Å². The van der Waals surface area contributed by atoms with Crippen molar-refractivity contribution in [3.8, 4) is 0 Å². The smallest absolute Gasteiger partial charge is 0.303 e. The number of rotatable bonds is 16. The molecule has 0 amide bonds. The van der Waals surface area contributed by atoms with Crippen molar-refractivity contribution in [2.24, 2.45) is 0 Å². The van der Waals surface area contributed by atoms with E-state index in [1.54, 1.807) is 0 Å². The van der Waals surface area contributed by atoms with Crippen molar-refractivity contribution in [1.82, 2.24) is 0 Å². The van der Waals surface area contributed by atoms with Crippen LogP contribution in [0, 0.1) is 0 Å². The number of aliphatic hydroxyl groups excluding tert-OH is 1. The van der Waals surface area contributed by atoms with Gasteiger partial charge in [-0.15, -0.1) is 0 Å². The predicted molar refractivity (Wildman–Crippen MR) is 102 cm³/mol. The summed E-state index contributed by atoms with van der Waals surface area (Å²) in [5.41, 5.74) is 0. The summed E-state index contributed by atoms with van der Waals surface area (Å²) in [6.45, 7) is 4.34. The minimum Gasteiger partial charge on any atom is -0.481 e. The quantitative estimate of drug-likeness (QED) is 0.321. The molecule has 0 spiro atoms. The molecule has 0 radical (unpaired) electrons. The molecule has 0 aliphatic carbocycles. The molecule has 0 aliphatic rings. The number of unbranched alkanes of at least 4 members (excludes halogenated alkanes) is 9. The van der Waals surface area contributed by atoms with Gasteiger partial charge in [0, 0.05) is 12.8 Å². The molecule has 3 N–H and O–H groups in total. The molecule has 5 nitrogen and oxygen atoms in total. The van der Waals surface area contributed by atoms with Crippen LogP contribution < -0.4 is 0 Å². The summed E-state index contributed by atoms with van der Waals surface area (Å²) in [4.78, 5) is 20.3. The minimum atomic E-state index is -0.826. The second-order valence-corrected chi connectivity index (χ2v) is 6.70. The zero-order chi connectivity index (χ0) is 19.3. The van der Waals surface area contributed by atoms with Gasteiger partial charge in [0.1, 0.15) is 0 Å². The zero-order valence-electron chi connectivity index (χ0n) is 16.3. The van der Waals surface area contributed by atoms with E-state index < -0.39 is 18.0 Å². The molecule has 0 aromatic carbocycles. The lowest BCUT2D eigenvalue weighted by Gasteiger charge is -2.07. The second-order valence-electron chi connectivity index (χ2n) is 6.70. The summed E-state index contributed by atoms with van der Waals surface area (Å²) in [5.74, 6) is -1.49. The topological polar surface area (TPSA) is 94.8 Å². The third-order valence-electron chi connectivity index (χ3n) is 4.08. The maximum atomic E-state index is 10.2. The van der Waals surface area contributed by atoms with E-state index in [0.29, 0.717) is 12.8 Å². The summed E-state index contributed by atoms with van der Waals surface area (Å²) < 4.78 is 0. The van der Waals surface area contributed by atoms with Crippen molar-refractivity contribution in [3.05, 3.63) is 0 Å². The molecule has 0 rings (SSSR count). The van der Waals surface area contributed by atoms with Crippen LogP contribution >= 0.6 is 0 Å². The first-order valence-corrected chi connectivity index (χ1v) is 10.1. The fraction of sp³-hybridized carbons (Fsp3) is 0.900. The highest BCUT2D eigenvalue weighted by atomic mass is 16.4. The summed E-state index contributed by atoms with van der Waals surface area (Å²) in [5, 5.41) is 26.0. The molecular weight excluding hydrogens is 320 g/mol. The maximum absolute atomic E-state index is 10.2. The Bertz CT molecular complexity index is 304. The molecule has 0 aliphatic heterocycles. The van der Waals surface area contributed by atoms with Gasteiger partial charge in [0.15, 0.2) is 0 Å². The van der Waals surface area contributed by atoms with E-state index in [4.69, 9.17) is 10.2 Å². The van der Waals surface area contributed by atoms with E-state index in [2.05, 4.69) is 13.8 Å². The Balaban J connectivity index is 0. The summed E-state index contributed by atoms with van der Waals surface area (Å²) in [6, 6.07) is 0. The van der Waals surface area contributed by atoms with E-state index >= 15 is 0 Å². The van der Waals surface area contributed by atoms with Gasteiger partial charge in [0.05, 0.1) is 6.10 Å². The van der Waals surface area contributed by atoms with Crippen LogP contribution in [0.25, 0.3) is 0 Å². The molecule has 150 valence electrons. The summed E-state index contributed by atoms with van der Waals surface area (Å²) in [6.07, 6.45) is 14.0. The Kier molecular flexibility index (Phi) is 21.9. The van der Waals surface area contributed by atoms with Gasteiger partial charge >= 0.3 is 11.9 Å². The molecule has 0 fully saturated rings. The number of hydrogen-bond donors (Lipinski definition) is 3. The van der Waals surface area contributed by atoms with Crippen LogP contribution in [0.1, 0.15) is 110 Å². The molecule has 0 heterocycles. The Morgan fingerprint density at radius 1 is 0.640 bits per heavy atom. The van der Waals surface area contributed by atoms with Crippen LogP contribution in [0.15, 0.2) is 0 Å². The second kappa shape index (κ2) is 20.9. The van der Waals surface area contributed by atoms with Crippen LogP contribution in [0.4, 0.5) is 0 Å². The molecule has 1 unspecified atom stereocenters. The van der Waals surface area contributed by atoms with Crippen LogP contribution in [0.2, 0.25) is 0 Å². The number of hydrogen-bond acceptors (Lipinski definition) is 3. The lowest BCUT2D eigenvalue weighted by molar-refractivity contribution is -0.138. The Morgan fingerprint density at radius 2 is 1.08 bits per heavy atom. The van der Waals surface area contributed by atoms with Gasteiger partial charge in [-0.1, -0.05) is 78.1 Å². The molecule has 25 heavy (non-hydrogen) atoms. The molecule has 5 heteroatoms. The molecule has 1 atom stereocenters. The molecule has 0 bridgehead atoms. The average molecular weight is 361 g/mol. The maximum Gasteiger partial charge on any atom is 0.303 e. The highest BCUT2D eigenvalue weighted by molar-refractivity contribution is 5.66. The van der Waals surface area contributed by atoms with Gasteiger partial charge in [0.25, 0.3) is 0 Å². The third kappa shape index (κ3) is 28.0. The van der Waals surface area contributed by atoms with E-state index in [1.165, 1.54) is 44.9 Å². The van der Waals surface area contributed by atoms with Gasteiger partial charge in [-0.2, -0.15) is 0 Å². The molecule has 0 aromatic heterocycles. The van der Waals surface area contributed by atoms with Crippen LogP contribution in [-0.2, 0) is 9.59 Å². The molecule has 0 saturated heterocycles. The van der Waals surface area contributed by atoms with Crippen molar-refractivity contribution in [3.63, 3.8) is 0 Å². The first kappa shape index (κ1) is 26.1. The predicted octanol–water partition coefficient (Wildman–Crippen LogP) is 5.39. The van der Waals surface area contributed by atoms with E-state index in [0.717, 1.165) is 32.1 Å². The number of carbonyl (C=O) groups is 2.